The highest BCUT2D eigenvalue weighted by Gasteiger charge is 2.26. The van der Waals surface area contributed by atoms with E-state index in [-0.39, 0.29) is 17.4 Å². The first-order valence-corrected chi connectivity index (χ1v) is 9.12. The number of imidazole rings is 1. The minimum atomic E-state index is -0.128. The van der Waals surface area contributed by atoms with E-state index < -0.39 is 0 Å². The van der Waals surface area contributed by atoms with Gasteiger partial charge in [0.25, 0.3) is 0 Å². The lowest BCUT2D eigenvalue weighted by atomic mass is 9.87. The summed E-state index contributed by atoms with van der Waals surface area (Å²) in [4.78, 5) is 16.3. The van der Waals surface area contributed by atoms with Crippen LogP contribution in [-0.4, -0.2) is 15.5 Å². The van der Waals surface area contributed by atoms with Crippen LogP contribution >= 0.6 is 0 Å². The smallest absolute Gasteiger partial charge is 0.223 e. The molecule has 0 bridgehead atoms. The van der Waals surface area contributed by atoms with Crippen molar-refractivity contribution in [2.45, 2.75) is 40.7 Å². The quantitative estimate of drug-likeness (QED) is 0.654. The second-order valence-corrected chi connectivity index (χ2v) is 7.85. The fraction of sp³-hybridized carbons (Fsp3) is 0.304. The molecule has 0 aliphatic rings. The Kier molecular flexibility index (Phi) is 5.05. The standard InChI is InChI=1S/C23H25N3O/c1-16(23(3,4)5)26-21-15-19(12-11-18-9-7-6-8-10-18)13-14-20(21)25-22(26)24-17(2)27/h6-10,13-16H,1-5H3,(H,24,25,27)/t16-/m1/s1. The van der Waals surface area contributed by atoms with Crippen molar-refractivity contribution in [1.29, 1.82) is 0 Å². The van der Waals surface area contributed by atoms with E-state index in [9.17, 15) is 4.79 Å². The van der Waals surface area contributed by atoms with Gasteiger partial charge in [0.2, 0.25) is 11.9 Å². The molecule has 0 saturated carbocycles. The lowest BCUT2D eigenvalue weighted by Gasteiger charge is -2.30. The Morgan fingerprint density at radius 1 is 1.07 bits per heavy atom. The molecular weight excluding hydrogens is 334 g/mol. The monoisotopic (exact) mass is 359 g/mol. The highest BCUT2D eigenvalue weighted by molar-refractivity contribution is 5.90. The normalized spacial score (nSPS) is 12.3. The van der Waals surface area contributed by atoms with E-state index in [4.69, 9.17) is 0 Å². The fourth-order valence-electron chi connectivity index (χ4n) is 2.86. The SMILES string of the molecule is CC(=O)Nc1nc2ccc(C#Cc3ccccc3)cc2n1[C@H](C)C(C)(C)C. The number of hydrogen-bond acceptors (Lipinski definition) is 2. The maximum atomic E-state index is 11.7. The van der Waals surface area contributed by atoms with Gasteiger partial charge in [-0.1, -0.05) is 50.8 Å². The van der Waals surface area contributed by atoms with Crippen LogP contribution in [0.1, 0.15) is 51.8 Å². The summed E-state index contributed by atoms with van der Waals surface area (Å²) in [5, 5.41) is 2.87. The molecule has 138 valence electrons. The molecule has 1 amide bonds. The molecule has 1 atom stereocenters. The molecule has 0 fully saturated rings. The van der Waals surface area contributed by atoms with Crippen LogP contribution in [0.15, 0.2) is 48.5 Å². The summed E-state index contributed by atoms with van der Waals surface area (Å²) < 4.78 is 2.10. The molecular formula is C23H25N3O. The van der Waals surface area contributed by atoms with Crippen LogP contribution < -0.4 is 5.32 Å². The Morgan fingerprint density at radius 3 is 2.37 bits per heavy atom. The number of carbonyl (C=O) groups is 1. The van der Waals surface area contributed by atoms with Crippen LogP contribution in [0, 0.1) is 17.3 Å². The Hall–Kier alpha value is -3.06. The molecule has 4 nitrogen and oxygen atoms in total. The van der Waals surface area contributed by atoms with Gasteiger partial charge in [-0.05, 0) is 42.7 Å². The molecule has 0 unspecified atom stereocenters. The summed E-state index contributed by atoms with van der Waals surface area (Å²) in [6.45, 7) is 10.2. The van der Waals surface area contributed by atoms with E-state index in [2.05, 4.69) is 54.4 Å². The highest BCUT2D eigenvalue weighted by Crippen LogP contribution is 2.35. The Labute approximate surface area is 160 Å². The Bertz CT molecular complexity index is 1030. The van der Waals surface area contributed by atoms with Gasteiger partial charge in [0.15, 0.2) is 0 Å². The average Bonchev–Trinajstić information content (AvgIpc) is 2.95. The van der Waals surface area contributed by atoms with Gasteiger partial charge in [-0.3, -0.25) is 10.1 Å². The van der Waals surface area contributed by atoms with Crippen molar-refractivity contribution in [3.8, 4) is 11.8 Å². The summed E-state index contributed by atoms with van der Waals surface area (Å²) >= 11 is 0. The maximum Gasteiger partial charge on any atom is 0.223 e. The van der Waals surface area contributed by atoms with Gasteiger partial charge in [-0.2, -0.15) is 0 Å². The van der Waals surface area contributed by atoms with E-state index in [0.717, 1.165) is 22.2 Å². The van der Waals surface area contributed by atoms with Gasteiger partial charge in [-0.25, -0.2) is 4.98 Å². The molecule has 3 aromatic rings. The fourth-order valence-corrected chi connectivity index (χ4v) is 2.86. The van der Waals surface area contributed by atoms with E-state index in [0.29, 0.717) is 5.95 Å². The molecule has 1 heterocycles. The number of anilines is 1. The molecule has 4 heteroatoms. The second-order valence-electron chi connectivity index (χ2n) is 7.85. The van der Waals surface area contributed by atoms with Gasteiger partial charge < -0.3 is 4.57 Å². The van der Waals surface area contributed by atoms with Crippen LogP contribution in [0.5, 0.6) is 0 Å². The number of rotatable bonds is 2. The summed E-state index contributed by atoms with van der Waals surface area (Å²) in [6.07, 6.45) is 0. The molecule has 2 aromatic carbocycles. The van der Waals surface area contributed by atoms with Gasteiger partial charge in [-0.15, -0.1) is 0 Å². The number of fused-ring (bicyclic) bond motifs is 1. The van der Waals surface area contributed by atoms with Crippen molar-refractivity contribution < 1.29 is 4.79 Å². The van der Waals surface area contributed by atoms with Crippen molar-refractivity contribution in [2.24, 2.45) is 5.41 Å². The third kappa shape index (κ3) is 4.20. The zero-order valence-corrected chi connectivity index (χ0v) is 16.5. The molecule has 0 saturated heterocycles. The lowest BCUT2D eigenvalue weighted by Crippen LogP contribution is -2.24. The van der Waals surface area contributed by atoms with Crippen molar-refractivity contribution in [2.75, 3.05) is 5.32 Å². The number of benzene rings is 2. The minimum absolute atomic E-state index is 0.00652. The van der Waals surface area contributed by atoms with Crippen molar-refractivity contribution in [3.05, 3.63) is 59.7 Å². The number of aromatic nitrogens is 2. The van der Waals surface area contributed by atoms with Crippen molar-refractivity contribution >= 4 is 22.9 Å². The first-order valence-electron chi connectivity index (χ1n) is 9.12. The molecule has 0 radical (unpaired) electrons. The summed E-state index contributed by atoms with van der Waals surface area (Å²) in [5.74, 6) is 6.87. The lowest BCUT2D eigenvalue weighted by molar-refractivity contribution is -0.114. The molecule has 3 rings (SSSR count). The van der Waals surface area contributed by atoms with Crippen LogP contribution in [-0.2, 0) is 4.79 Å². The molecule has 0 aliphatic carbocycles. The summed E-state index contributed by atoms with van der Waals surface area (Å²) in [7, 11) is 0. The van der Waals surface area contributed by atoms with E-state index in [1.165, 1.54) is 6.92 Å². The van der Waals surface area contributed by atoms with E-state index in [1.807, 2.05) is 48.5 Å². The van der Waals surface area contributed by atoms with E-state index in [1.54, 1.807) is 0 Å². The highest BCUT2D eigenvalue weighted by atomic mass is 16.1. The molecule has 27 heavy (non-hydrogen) atoms. The maximum absolute atomic E-state index is 11.7. The molecule has 1 aromatic heterocycles. The predicted octanol–water partition coefficient (Wildman–Crippen LogP) is 5.00. The zero-order valence-electron chi connectivity index (χ0n) is 16.5. The van der Waals surface area contributed by atoms with E-state index >= 15 is 0 Å². The topological polar surface area (TPSA) is 46.9 Å². The number of hydrogen-bond donors (Lipinski definition) is 1. The van der Waals surface area contributed by atoms with Gasteiger partial charge >= 0.3 is 0 Å². The van der Waals surface area contributed by atoms with Crippen molar-refractivity contribution in [1.82, 2.24) is 9.55 Å². The Morgan fingerprint density at radius 2 is 1.74 bits per heavy atom. The molecule has 1 N–H and O–H groups in total. The zero-order chi connectivity index (χ0) is 19.6. The number of carbonyl (C=O) groups excluding carboxylic acids is 1. The number of amides is 1. The van der Waals surface area contributed by atoms with Gasteiger partial charge in [0.1, 0.15) is 0 Å². The van der Waals surface area contributed by atoms with Crippen molar-refractivity contribution in [3.63, 3.8) is 0 Å². The predicted molar refractivity (Wildman–Crippen MR) is 111 cm³/mol. The van der Waals surface area contributed by atoms with Gasteiger partial charge in [0.05, 0.1) is 11.0 Å². The summed E-state index contributed by atoms with van der Waals surface area (Å²) in [5.41, 5.74) is 3.73. The molecule has 0 spiro atoms. The minimum Gasteiger partial charge on any atom is -0.307 e. The third-order valence-corrected chi connectivity index (χ3v) is 4.74. The average molecular weight is 359 g/mol. The first kappa shape index (κ1) is 18.7. The van der Waals surface area contributed by atoms with Crippen LogP contribution in [0.4, 0.5) is 5.95 Å². The third-order valence-electron chi connectivity index (χ3n) is 4.74. The largest absolute Gasteiger partial charge is 0.307 e. The number of nitrogens with one attached hydrogen (secondary N) is 1. The Balaban J connectivity index is 2.11. The van der Waals surface area contributed by atoms with Crippen LogP contribution in [0.2, 0.25) is 0 Å². The van der Waals surface area contributed by atoms with Crippen LogP contribution in [0.3, 0.4) is 0 Å². The summed E-state index contributed by atoms with van der Waals surface area (Å²) in [6, 6.07) is 16.0. The first-order chi connectivity index (χ1) is 12.8. The number of nitrogens with zero attached hydrogens (tertiary/aromatic N) is 2. The van der Waals surface area contributed by atoms with Gasteiger partial charge in [0, 0.05) is 24.1 Å². The second kappa shape index (κ2) is 7.28. The van der Waals surface area contributed by atoms with Crippen LogP contribution in [0.25, 0.3) is 11.0 Å². The molecule has 0 aliphatic heterocycles.